The van der Waals surface area contributed by atoms with Crippen molar-refractivity contribution in [3.05, 3.63) is 60.4 Å². The third kappa shape index (κ3) is 9.17. The minimum Gasteiger partial charge on any atom is -0.461 e. The summed E-state index contributed by atoms with van der Waals surface area (Å²) >= 11 is 0. The number of nitrogens with two attached hydrogens (primary N) is 1. The van der Waals surface area contributed by atoms with Crippen molar-refractivity contribution in [1.29, 1.82) is 5.26 Å². The van der Waals surface area contributed by atoms with Crippen molar-refractivity contribution in [3.63, 3.8) is 0 Å². The SMILES string of the molecule is CC(C)C(=O)O[C@H]1[C@H](c2ccc3c(N)ccnn23)O[C@](C#N)(CO[P@@](=O)(N[C@@H](C)C(=O)OC2CCN(C)CC2)Oc2ccccc2)[C@H]1OC(=O)C(C)C. The van der Waals surface area contributed by atoms with Gasteiger partial charge in [0.1, 0.15) is 36.7 Å². The highest BCUT2D eigenvalue weighted by Gasteiger charge is 2.62. The predicted octanol–water partition coefficient (Wildman–Crippen LogP) is 4.20. The van der Waals surface area contributed by atoms with E-state index in [2.05, 4.69) is 21.2 Å². The van der Waals surface area contributed by atoms with E-state index in [4.69, 9.17) is 33.7 Å². The molecule has 4 heterocycles. The van der Waals surface area contributed by atoms with Crippen molar-refractivity contribution in [2.75, 3.05) is 32.5 Å². The van der Waals surface area contributed by atoms with Crippen LogP contribution in [-0.2, 0) is 42.4 Å². The van der Waals surface area contributed by atoms with Gasteiger partial charge in [-0.1, -0.05) is 45.9 Å². The number of para-hydroxylation sites is 1. The highest BCUT2D eigenvalue weighted by atomic mass is 31.2. The minimum absolute atomic E-state index is 0.130. The topological polar surface area (TPSA) is 206 Å². The molecule has 1 aromatic carbocycles. The molecule has 53 heavy (non-hydrogen) atoms. The maximum absolute atomic E-state index is 14.6. The van der Waals surface area contributed by atoms with E-state index in [0.29, 0.717) is 29.7 Å². The molecule has 0 saturated carbocycles. The van der Waals surface area contributed by atoms with E-state index in [9.17, 15) is 24.2 Å². The van der Waals surface area contributed by atoms with Gasteiger partial charge < -0.3 is 34.1 Å². The standard InChI is InChI=1S/C36H47N6O10P/c1-22(2)33(43)49-31-30(29-13-12-28-27(38)14-17-39-42(28)29)51-36(20-37,32(31)50-34(44)23(3)4)21-47-53(46,52-26-10-8-7-9-11-26)40-24(5)35(45)48-25-15-18-41(6)19-16-25/h7-14,17,22-25,30-32H,15-16,18-19,21,38H2,1-6H3,(H,40,46)/t24-,30-,31-,32-,36+,53-/m0/s1. The maximum atomic E-state index is 14.6. The van der Waals surface area contributed by atoms with Crippen LogP contribution in [0.25, 0.3) is 5.52 Å². The molecule has 0 amide bonds. The number of fused-ring (bicyclic) bond motifs is 1. The second-order valence-corrected chi connectivity index (χ2v) is 15.6. The van der Waals surface area contributed by atoms with Gasteiger partial charge in [0.2, 0.25) is 5.60 Å². The molecule has 5 rings (SSSR count). The zero-order chi connectivity index (χ0) is 38.5. The summed E-state index contributed by atoms with van der Waals surface area (Å²) in [5.41, 5.74) is 5.18. The Hall–Kier alpha value is -4.52. The van der Waals surface area contributed by atoms with E-state index >= 15 is 0 Å². The lowest BCUT2D eigenvalue weighted by Gasteiger charge is -2.31. The van der Waals surface area contributed by atoms with Crippen molar-refractivity contribution in [2.24, 2.45) is 11.8 Å². The third-order valence-corrected chi connectivity index (χ3v) is 10.6. The van der Waals surface area contributed by atoms with Gasteiger partial charge in [-0.15, -0.1) is 0 Å². The van der Waals surface area contributed by atoms with Crippen LogP contribution in [0, 0.1) is 23.2 Å². The summed E-state index contributed by atoms with van der Waals surface area (Å²) < 4.78 is 51.9. The van der Waals surface area contributed by atoms with Gasteiger partial charge in [0.05, 0.1) is 28.7 Å². The second-order valence-electron chi connectivity index (χ2n) is 13.9. The van der Waals surface area contributed by atoms with Crippen molar-refractivity contribution in [1.82, 2.24) is 19.6 Å². The number of likely N-dealkylation sites (tertiary alicyclic amines) is 1. The van der Waals surface area contributed by atoms with Gasteiger partial charge >= 0.3 is 25.7 Å². The fourth-order valence-electron chi connectivity index (χ4n) is 5.89. The molecule has 286 valence electrons. The van der Waals surface area contributed by atoms with Crippen LogP contribution >= 0.6 is 7.75 Å². The number of ether oxygens (including phenoxy) is 4. The number of rotatable bonds is 14. The Morgan fingerprint density at radius 3 is 2.30 bits per heavy atom. The van der Waals surface area contributed by atoms with E-state index < -0.39 is 74.1 Å². The van der Waals surface area contributed by atoms with Crippen LogP contribution in [0.3, 0.4) is 0 Å². The first kappa shape index (κ1) is 39.7. The molecule has 2 aliphatic rings. The van der Waals surface area contributed by atoms with Crippen LogP contribution in [0.1, 0.15) is 59.3 Å². The van der Waals surface area contributed by atoms with E-state index in [-0.39, 0.29) is 11.9 Å². The number of nitrogens with one attached hydrogen (secondary N) is 1. The van der Waals surface area contributed by atoms with Gasteiger partial charge in [0.15, 0.2) is 12.2 Å². The summed E-state index contributed by atoms with van der Waals surface area (Å²) in [5, 5.41) is 17.9. The number of piperidine rings is 1. The van der Waals surface area contributed by atoms with Crippen LogP contribution in [0.4, 0.5) is 5.69 Å². The minimum atomic E-state index is -4.56. The van der Waals surface area contributed by atoms with Crippen LogP contribution in [0.5, 0.6) is 5.75 Å². The van der Waals surface area contributed by atoms with Crippen molar-refractivity contribution in [2.45, 2.75) is 83.5 Å². The zero-order valence-electron chi connectivity index (χ0n) is 30.7. The summed E-state index contributed by atoms with van der Waals surface area (Å²) in [4.78, 5) is 41.7. The fourth-order valence-corrected chi connectivity index (χ4v) is 7.41. The normalized spacial score (nSPS) is 24.0. The maximum Gasteiger partial charge on any atom is 0.459 e. The summed E-state index contributed by atoms with van der Waals surface area (Å²) in [6, 6.07) is 13.9. The molecule has 0 radical (unpaired) electrons. The molecule has 3 aromatic rings. The molecule has 6 atom stereocenters. The Balaban J connectivity index is 1.51. The first-order valence-corrected chi connectivity index (χ1v) is 19.1. The van der Waals surface area contributed by atoms with Crippen molar-refractivity contribution < 1.29 is 46.9 Å². The number of benzene rings is 1. The quantitative estimate of drug-likeness (QED) is 0.134. The number of anilines is 1. The molecule has 2 aromatic heterocycles. The molecule has 17 heteroatoms. The molecule has 3 N–H and O–H groups in total. The monoisotopic (exact) mass is 754 g/mol. The number of esters is 3. The summed E-state index contributed by atoms with van der Waals surface area (Å²) in [7, 11) is -2.58. The Morgan fingerprint density at radius 1 is 1.00 bits per heavy atom. The van der Waals surface area contributed by atoms with Crippen molar-refractivity contribution in [3.8, 4) is 11.8 Å². The van der Waals surface area contributed by atoms with Crippen LogP contribution < -0.4 is 15.3 Å². The van der Waals surface area contributed by atoms with Crippen LogP contribution in [-0.4, -0.2) is 89.1 Å². The number of nitrogens with zero attached hydrogens (tertiary/aromatic N) is 4. The number of nitriles is 1. The molecule has 0 unspecified atom stereocenters. The number of nitrogen functional groups attached to an aromatic ring is 1. The summed E-state index contributed by atoms with van der Waals surface area (Å²) in [5.74, 6) is -3.20. The average molecular weight is 755 g/mol. The largest absolute Gasteiger partial charge is 0.461 e. The Morgan fingerprint density at radius 2 is 1.66 bits per heavy atom. The second kappa shape index (κ2) is 16.7. The van der Waals surface area contributed by atoms with Gasteiger partial charge in [0.25, 0.3) is 0 Å². The highest BCUT2D eigenvalue weighted by molar-refractivity contribution is 7.52. The number of carbonyl (C=O) groups excluding carboxylic acids is 3. The lowest BCUT2D eigenvalue weighted by Crippen LogP contribution is -2.50. The lowest BCUT2D eigenvalue weighted by atomic mass is 9.95. The van der Waals surface area contributed by atoms with Crippen LogP contribution in [0.2, 0.25) is 0 Å². The van der Waals surface area contributed by atoms with Gasteiger partial charge in [-0.3, -0.25) is 18.9 Å². The van der Waals surface area contributed by atoms with E-state index in [0.717, 1.165) is 13.1 Å². The number of aromatic nitrogens is 2. The molecule has 2 aliphatic heterocycles. The molecule has 0 aliphatic carbocycles. The number of hydrogen-bond acceptors (Lipinski definition) is 14. The van der Waals surface area contributed by atoms with E-state index in [1.165, 1.54) is 29.8 Å². The van der Waals surface area contributed by atoms with Gasteiger partial charge in [-0.2, -0.15) is 15.4 Å². The zero-order valence-corrected chi connectivity index (χ0v) is 31.6. The average Bonchev–Trinajstić information content (AvgIpc) is 3.68. The van der Waals surface area contributed by atoms with E-state index in [1.54, 1.807) is 64.1 Å². The molecular formula is C36H47N6O10P. The molecule has 0 bridgehead atoms. The smallest absolute Gasteiger partial charge is 0.459 e. The van der Waals surface area contributed by atoms with E-state index in [1.807, 2.05) is 7.05 Å². The van der Waals surface area contributed by atoms with Gasteiger partial charge in [-0.05, 0) is 57.1 Å². The Labute approximate surface area is 308 Å². The Bertz CT molecular complexity index is 1860. The molecule has 16 nitrogen and oxygen atoms in total. The first-order chi connectivity index (χ1) is 25.1. The molecule has 0 spiro atoms. The van der Waals surface area contributed by atoms with Gasteiger partial charge in [0, 0.05) is 19.3 Å². The highest BCUT2D eigenvalue weighted by Crippen LogP contribution is 2.50. The van der Waals surface area contributed by atoms with Crippen molar-refractivity contribution >= 4 is 36.9 Å². The van der Waals surface area contributed by atoms with Gasteiger partial charge in [-0.25, -0.2) is 9.08 Å². The molecule has 2 saturated heterocycles. The predicted molar refractivity (Wildman–Crippen MR) is 191 cm³/mol. The fraction of sp³-hybridized carbons (Fsp3) is 0.528. The molecule has 2 fully saturated rings. The molecular weight excluding hydrogens is 707 g/mol. The summed E-state index contributed by atoms with van der Waals surface area (Å²) in [6.45, 7) is 8.58. The lowest BCUT2D eigenvalue weighted by molar-refractivity contribution is -0.173. The first-order valence-electron chi connectivity index (χ1n) is 17.5. The third-order valence-electron chi connectivity index (χ3n) is 9.00. The number of hydrogen-bond donors (Lipinski definition) is 2. The Kier molecular flexibility index (Phi) is 12.5. The van der Waals surface area contributed by atoms with Crippen LogP contribution in [0.15, 0.2) is 54.7 Å². The number of carbonyl (C=O) groups is 3. The summed E-state index contributed by atoms with van der Waals surface area (Å²) in [6.07, 6.45) is -1.82.